The van der Waals surface area contributed by atoms with Gasteiger partial charge in [0, 0.05) is 17.3 Å². The second-order valence-electron chi connectivity index (χ2n) is 5.29. The van der Waals surface area contributed by atoms with Gasteiger partial charge in [0.2, 0.25) is 0 Å². The Hall–Kier alpha value is -2.95. The number of benzene rings is 2. The molecule has 0 amide bonds. The van der Waals surface area contributed by atoms with Crippen molar-refractivity contribution in [1.82, 2.24) is 9.78 Å². The summed E-state index contributed by atoms with van der Waals surface area (Å²) in [5.74, 6) is -1.12. The van der Waals surface area contributed by atoms with Gasteiger partial charge in [0.15, 0.2) is 0 Å². The summed E-state index contributed by atoms with van der Waals surface area (Å²) in [6.45, 7) is 0.349. The third-order valence-corrected chi connectivity index (χ3v) is 3.54. The first kappa shape index (κ1) is 15.0. The SMILES string of the molecule is O=C(O)Cc1cccc(-c2cnn(Cc3ccccc3F)c2)c1. The molecular weight excluding hydrogens is 295 g/mol. The quantitative estimate of drug-likeness (QED) is 0.786. The Balaban J connectivity index is 1.82. The molecule has 4 nitrogen and oxygen atoms in total. The highest BCUT2D eigenvalue weighted by Gasteiger charge is 2.07. The van der Waals surface area contributed by atoms with Gasteiger partial charge in [0.1, 0.15) is 5.82 Å². The van der Waals surface area contributed by atoms with Crippen LogP contribution < -0.4 is 0 Å². The first-order chi connectivity index (χ1) is 11.1. The Morgan fingerprint density at radius 3 is 2.74 bits per heavy atom. The van der Waals surface area contributed by atoms with Crippen LogP contribution in [0.4, 0.5) is 4.39 Å². The fourth-order valence-electron chi connectivity index (χ4n) is 2.44. The molecule has 2 aromatic carbocycles. The lowest BCUT2D eigenvalue weighted by Crippen LogP contribution is -2.01. The maximum absolute atomic E-state index is 13.7. The van der Waals surface area contributed by atoms with E-state index in [-0.39, 0.29) is 12.2 Å². The smallest absolute Gasteiger partial charge is 0.307 e. The maximum atomic E-state index is 13.7. The van der Waals surface area contributed by atoms with E-state index in [0.717, 1.165) is 16.7 Å². The van der Waals surface area contributed by atoms with E-state index in [2.05, 4.69) is 5.10 Å². The molecule has 0 aliphatic rings. The fourth-order valence-corrected chi connectivity index (χ4v) is 2.44. The van der Waals surface area contributed by atoms with Crippen LogP contribution in [-0.4, -0.2) is 20.9 Å². The van der Waals surface area contributed by atoms with Crippen LogP contribution in [0.5, 0.6) is 0 Å². The number of halogens is 1. The molecule has 0 aliphatic carbocycles. The van der Waals surface area contributed by atoms with Crippen LogP contribution in [-0.2, 0) is 17.8 Å². The van der Waals surface area contributed by atoms with Crippen molar-refractivity contribution >= 4 is 5.97 Å². The number of nitrogens with zero attached hydrogens (tertiary/aromatic N) is 2. The highest BCUT2D eigenvalue weighted by atomic mass is 19.1. The van der Waals surface area contributed by atoms with Crippen molar-refractivity contribution in [3.8, 4) is 11.1 Å². The largest absolute Gasteiger partial charge is 0.481 e. The van der Waals surface area contributed by atoms with Gasteiger partial charge < -0.3 is 5.11 Å². The summed E-state index contributed by atoms with van der Waals surface area (Å²) in [6.07, 6.45) is 3.50. The zero-order valence-corrected chi connectivity index (χ0v) is 12.3. The molecule has 0 spiro atoms. The average Bonchev–Trinajstić information content (AvgIpc) is 2.98. The molecule has 0 saturated heterocycles. The van der Waals surface area contributed by atoms with Gasteiger partial charge in [-0.05, 0) is 17.2 Å². The molecule has 0 aliphatic heterocycles. The number of aromatic nitrogens is 2. The Morgan fingerprint density at radius 2 is 1.96 bits per heavy atom. The van der Waals surface area contributed by atoms with Crippen molar-refractivity contribution in [2.24, 2.45) is 0 Å². The zero-order chi connectivity index (χ0) is 16.2. The number of rotatable bonds is 5. The van der Waals surface area contributed by atoms with Gasteiger partial charge in [-0.15, -0.1) is 0 Å². The minimum absolute atomic E-state index is 0.0167. The molecule has 3 aromatic rings. The van der Waals surface area contributed by atoms with Crippen LogP contribution in [0.15, 0.2) is 60.9 Å². The zero-order valence-electron chi connectivity index (χ0n) is 12.3. The van der Waals surface area contributed by atoms with Crippen molar-refractivity contribution in [3.63, 3.8) is 0 Å². The van der Waals surface area contributed by atoms with Crippen LogP contribution in [0.1, 0.15) is 11.1 Å². The summed E-state index contributed by atoms with van der Waals surface area (Å²) in [5.41, 5.74) is 3.07. The van der Waals surface area contributed by atoms with Gasteiger partial charge in [0.05, 0.1) is 19.2 Å². The highest BCUT2D eigenvalue weighted by Crippen LogP contribution is 2.21. The third-order valence-electron chi connectivity index (χ3n) is 3.54. The molecule has 23 heavy (non-hydrogen) atoms. The summed E-state index contributed by atoms with van der Waals surface area (Å²) in [4.78, 5) is 10.8. The Morgan fingerprint density at radius 1 is 1.13 bits per heavy atom. The molecule has 0 bridgehead atoms. The van der Waals surface area contributed by atoms with Crippen molar-refractivity contribution < 1.29 is 14.3 Å². The summed E-state index contributed by atoms with van der Waals surface area (Å²) in [6, 6.07) is 13.9. The standard InChI is InChI=1S/C18H15FN2O2/c19-17-7-2-1-5-15(17)11-21-12-16(10-20-21)14-6-3-4-13(8-14)9-18(22)23/h1-8,10,12H,9,11H2,(H,22,23). The maximum Gasteiger partial charge on any atom is 0.307 e. The Bertz CT molecular complexity index is 842. The molecule has 1 heterocycles. The number of aliphatic carboxylic acids is 1. The van der Waals surface area contributed by atoms with E-state index in [9.17, 15) is 9.18 Å². The third kappa shape index (κ3) is 3.63. The number of hydrogen-bond acceptors (Lipinski definition) is 2. The van der Waals surface area contributed by atoms with E-state index < -0.39 is 5.97 Å². The van der Waals surface area contributed by atoms with E-state index >= 15 is 0 Å². The van der Waals surface area contributed by atoms with Gasteiger partial charge in [0.25, 0.3) is 0 Å². The normalized spacial score (nSPS) is 10.7. The predicted molar refractivity (Wildman–Crippen MR) is 84.5 cm³/mol. The molecule has 3 rings (SSSR count). The van der Waals surface area contributed by atoms with Crippen LogP contribution in [0.2, 0.25) is 0 Å². The van der Waals surface area contributed by atoms with Gasteiger partial charge in [-0.1, -0.05) is 42.5 Å². The number of carboxylic acids is 1. The van der Waals surface area contributed by atoms with E-state index in [4.69, 9.17) is 5.11 Å². The highest BCUT2D eigenvalue weighted by molar-refractivity contribution is 5.71. The molecule has 0 unspecified atom stereocenters. The molecule has 5 heteroatoms. The summed E-state index contributed by atoms with van der Waals surface area (Å²) >= 11 is 0. The van der Waals surface area contributed by atoms with E-state index in [1.54, 1.807) is 35.1 Å². The minimum Gasteiger partial charge on any atom is -0.481 e. The van der Waals surface area contributed by atoms with E-state index in [1.807, 2.05) is 24.4 Å². The van der Waals surface area contributed by atoms with Gasteiger partial charge in [-0.2, -0.15) is 5.10 Å². The van der Waals surface area contributed by atoms with Crippen LogP contribution in [0.3, 0.4) is 0 Å². The summed E-state index contributed by atoms with van der Waals surface area (Å²) < 4.78 is 15.3. The number of carboxylic acid groups (broad SMARTS) is 1. The van der Waals surface area contributed by atoms with Crippen LogP contribution in [0.25, 0.3) is 11.1 Å². The molecule has 1 aromatic heterocycles. The van der Waals surface area contributed by atoms with Crippen LogP contribution in [0, 0.1) is 5.82 Å². The molecular formula is C18H15FN2O2. The first-order valence-electron chi connectivity index (χ1n) is 7.19. The molecule has 0 fully saturated rings. The minimum atomic E-state index is -0.864. The lowest BCUT2D eigenvalue weighted by Gasteiger charge is -2.03. The molecule has 0 atom stereocenters. The monoisotopic (exact) mass is 310 g/mol. The van der Waals surface area contributed by atoms with Crippen molar-refractivity contribution in [1.29, 1.82) is 0 Å². The lowest BCUT2D eigenvalue weighted by atomic mass is 10.0. The summed E-state index contributed by atoms with van der Waals surface area (Å²) in [5, 5.41) is 13.1. The van der Waals surface area contributed by atoms with Gasteiger partial charge in [-0.3, -0.25) is 9.48 Å². The molecule has 0 radical (unpaired) electrons. The predicted octanol–water partition coefficient (Wildman–Crippen LogP) is 3.36. The van der Waals surface area contributed by atoms with E-state index in [1.165, 1.54) is 6.07 Å². The van der Waals surface area contributed by atoms with Gasteiger partial charge in [-0.25, -0.2) is 4.39 Å². The Kier molecular flexibility index (Phi) is 4.19. The second kappa shape index (κ2) is 6.44. The Labute approximate surface area is 132 Å². The summed E-state index contributed by atoms with van der Waals surface area (Å²) in [7, 11) is 0. The number of hydrogen-bond donors (Lipinski definition) is 1. The number of carbonyl (C=O) groups is 1. The first-order valence-corrected chi connectivity index (χ1v) is 7.19. The second-order valence-corrected chi connectivity index (χ2v) is 5.29. The molecule has 0 saturated carbocycles. The molecule has 1 N–H and O–H groups in total. The van der Waals surface area contributed by atoms with Crippen molar-refractivity contribution in [2.45, 2.75) is 13.0 Å². The van der Waals surface area contributed by atoms with Crippen molar-refractivity contribution in [3.05, 3.63) is 77.9 Å². The fraction of sp³-hybridized carbons (Fsp3) is 0.111. The molecule has 116 valence electrons. The van der Waals surface area contributed by atoms with E-state index in [0.29, 0.717) is 12.1 Å². The van der Waals surface area contributed by atoms with Gasteiger partial charge >= 0.3 is 5.97 Å². The van der Waals surface area contributed by atoms with Crippen LogP contribution >= 0.6 is 0 Å². The lowest BCUT2D eigenvalue weighted by molar-refractivity contribution is -0.136. The topological polar surface area (TPSA) is 55.1 Å². The average molecular weight is 310 g/mol. The van der Waals surface area contributed by atoms with Crippen molar-refractivity contribution in [2.75, 3.05) is 0 Å².